The van der Waals surface area contributed by atoms with Crippen molar-refractivity contribution in [1.29, 1.82) is 0 Å². The molecule has 0 radical (unpaired) electrons. The maximum atomic E-state index is 14.0. The van der Waals surface area contributed by atoms with Crippen LogP contribution < -0.4 is 0 Å². The maximum absolute atomic E-state index is 14.0. The van der Waals surface area contributed by atoms with E-state index in [1.54, 1.807) is 0 Å². The van der Waals surface area contributed by atoms with E-state index in [0.29, 0.717) is 24.7 Å². The second kappa shape index (κ2) is 6.90. The highest BCUT2D eigenvalue weighted by molar-refractivity contribution is 5.95. The number of halogens is 2. The number of amides is 1. The summed E-state index contributed by atoms with van der Waals surface area (Å²) in [4.78, 5) is 18.6. The van der Waals surface area contributed by atoms with Crippen LogP contribution in [0.4, 0.5) is 8.78 Å². The van der Waals surface area contributed by atoms with Gasteiger partial charge in [-0.25, -0.2) is 8.78 Å². The number of aryl methyl sites for hydroxylation is 1. The minimum Gasteiger partial charge on any atom is -0.337 e. The molecule has 1 aromatic heterocycles. The van der Waals surface area contributed by atoms with E-state index in [4.69, 9.17) is 4.52 Å². The molecule has 0 spiro atoms. The lowest BCUT2D eigenvalue weighted by Gasteiger charge is -2.22. The van der Waals surface area contributed by atoms with Gasteiger partial charge in [-0.2, -0.15) is 4.98 Å². The quantitative estimate of drug-likeness (QED) is 0.691. The van der Waals surface area contributed by atoms with E-state index in [0.717, 1.165) is 35.7 Å². The first-order chi connectivity index (χ1) is 13.0. The molecular formula is C20H17F2N3O2. The minimum absolute atomic E-state index is 0.291. The first kappa shape index (κ1) is 17.3. The number of rotatable bonds is 3. The number of aromatic nitrogens is 2. The molecule has 1 aliphatic rings. The fraction of sp³-hybridized carbons (Fsp3) is 0.250. The Labute approximate surface area is 154 Å². The third-order valence-corrected chi connectivity index (χ3v) is 4.68. The van der Waals surface area contributed by atoms with Gasteiger partial charge in [-0.15, -0.1) is 0 Å². The average Bonchev–Trinajstić information content (AvgIpc) is 3.32. The molecule has 0 saturated carbocycles. The molecule has 5 nitrogen and oxygen atoms in total. The summed E-state index contributed by atoms with van der Waals surface area (Å²) in [5.74, 6) is -1.25. The fourth-order valence-corrected chi connectivity index (χ4v) is 3.35. The largest absolute Gasteiger partial charge is 0.337 e. The van der Waals surface area contributed by atoms with Crippen molar-refractivity contribution in [2.45, 2.75) is 25.8 Å². The van der Waals surface area contributed by atoms with Gasteiger partial charge < -0.3 is 9.42 Å². The van der Waals surface area contributed by atoms with Crippen molar-refractivity contribution in [3.8, 4) is 11.4 Å². The molecule has 1 fully saturated rings. The average molecular weight is 369 g/mol. The number of likely N-dealkylation sites (tertiary alicyclic amines) is 1. The number of benzene rings is 2. The molecule has 2 aromatic carbocycles. The number of carbonyl (C=O) groups is 1. The molecule has 0 unspecified atom stereocenters. The molecule has 4 rings (SSSR count). The summed E-state index contributed by atoms with van der Waals surface area (Å²) >= 11 is 0. The molecule has 1 amide bonds. The summed E-state index contributed by atoms with van der Waals surface area (Å²) in [6.45, 7) is 2.39. The second-order valence-electron chi connectivity index (χ2n) is 6.61. The van der Waals surface area contributed by atoms with Crippen LogP contribution in [0.15, 0.2) is 47.0 Å². The summed E-state index contributed by atoms with van der Waals surface area (Å²) < 4.78 is 32.9. The summed E-state index contributed by atoms with van der Waals surface area (Å²) in [5.41, 5.74) is 1.59. The number of carbonyl (C=O) groups excluding carboxylic acids is 1. The predicted octanol–water partition coefficient (Wildman–Crippen LogP) is 4.30. The highest BCUT2D eigenvalue weighted by Gasteiger charge is 2.35. The van der Waals surface area contributed by atoms with Gasteiger partial charge in [-0.05, 0) is 44.0 Å². The molecule has 0 N–H and O–H groups in total. The first-order valence-electron chi connectivity index (χ1n) is 8.69. The Morgan fingerprint density at radius 1 is 1.22 bits per heavy atom. The Kier molecular flexibility index (Phi) is 4.43. The monoisotopic (exact) mass is 369 g/mol. The van der Waals surface area contributed by atoms with Crippen molar-refractivity contribution >= 4 is 5.91 Å². The van der Waals surface area contributed by atoms with Crippen LogP contribution in [-0.4, -0.2) is 27.5 Å². The standard InChI is InChI=1S/C20H17F2N3O2/c1-12-4-2-5-13(10-12)18-23-19(27-24-18)17-6-3-9-25(17)20(26)15-11-14(21)7-8-16(15)22/h2,4-5,7-8,10-11,17H,3,6,9H2,1H3/t17-/m1/s1. The summed E-state index contributed by atoms with van der Waals surface area (Å²) in [5, 5.41) is 4.01. The maximum Gasteiger partial charge on any atom is 0.257 e. The molecule has 0 aliphatic carbocycles. The molecule has 1 aliphatic heterocycles. The Bertz CT molecular complexity index is 1000. The molecule has 0 bridgehead atoms. The SMILES string of the molecule is Cc1cccc(-c2noc([C@H]3CCCN3C(=O)c3cc(F)ccc3F)n2)c1. The van der Waals surface area contributed by atoms with E-state index in [1.807, 2.05) is 31.2 Å². The van der Waals surface area contributed by atoms with Gasteiger partial charge in [0.15, 0.2) is 0 Å². The molecule has 138 valence electrons. The predicted molar refractivity (Wildman–Crippen MR) is 93.8 cm³/mol. The lowest BCUT2D eigenvalue weighted by atomic mass is 10.1. The minimum atomic E-state index is -0.752. The second-order valence-corrected chi connectivity index (χ2v) is 6.61. The first-order valence-corrected chi connectivity index (χ1v) is 8.69. The molecule has 7 heteroatoms. The Morgan fingerprint density at radius 2 is 2.07 bits per heavy atom. The van der Waals surface area contributed by atoms with Crippen molar-refractivity contribution in [1.82, 2.24) is 15.0 Å². The molecule has 1 atom stereocenters. The molecular weight excluding hydrogens is 352 g/mol. The molecule has 3 aromatic rings. The highest BCUT2D eigenvalue weighted by Crippen LogP contribution is 2.33. The zero-order valence-electron chi connectivity index (χ0n) is 14.7. The van der Waals surface area contributed by atoms with Crippen molar-refractivity contribution in [2.24, 2.45) is 0 Å². The topological polar surface area (TPSA) is 59.2 Å². The van der Waals surface area contributed by atoms with Gasteiger partial charge in [0, 0.05) is 12.1 Å². The van der Waals surface area contributed by atoms with E-state index >= 15 is 0 Å². The van der Waals surface area contributed by atoms with Gasteiger partial charge in [-0.3, -0.25) is 4.79 Å². The van der Waals surface area contributed by atoms with E-state index in [9.17, 15) is 13.6 Å². The zero-order valence-corrected chi connectivity index (χ0v) is 14.7. The van der Waals surface area contributed by atoms with Gasteiger partial charge in [-0.1, -0.05) is 28.9 Å². The van der Waals surface area contributed by atoms with Gasteiger partial charge in [0.25, 0.3) is 5.91 Å². The van der Waals surface area contributed by atoms with Crippen LogP contribution in [0.1, 0.15) is 40.7 Å². The van der Waals surface area contributed by atoms with E-state index < -0.39 is 23.6 Å². The van der Waals surface area contributed by atoms with Crippen molar-refractivity contribution < 1.29 is 18.1 Å². The molecule has 2 heterocycles. The van der Waals surface area contributed by atoms with Crippen molar-refractivity contribution in [2.75, 3.05) is 6.54 Å². The Morgan fingerprint density at radius 3 is 2.89 bits per heavy atom. The summed E-state index contributed by atoms with van der Waals surface area (Å²) in [6.07, 6.45) is 1.34. The molecule has 27 heavy (non-hydrogen) atoms. The van der Waals surface area contributed by atoms with Gasteiger partial charge in [0.1, 0.15) is 17.7 Å². The number of nitrogens with zero attached hydrogens (tertiary/aromatic N) is 3. The van der Waals surface area contributed by atoms with E-state index in [1.165, 1.54) is 4.90 Å². The molecule has 1 saturated heterocycles. The van der Waals surface area contributed by atoms with Crippen LogP contribution in [0.3, 0.4) is 0 Å². The van der Waals surface area contributed by atoms with Gasteiger partial charge >= 0.3 is 0 Å². The van der Waals surface area contributed by atoms with Crippen molar-refractivity contribution in [3.63, 3.8) is 0 Å². The number of hydrogen-bond donors (Lipinski definition) is 0. The zero-order chi connectivity index (χ0) is 19.0. The van der Waals surface area contributed by atoms with Gasteiger partial charge in [0.2, 0.25) is 11.7 Å². The lowest BCUT2D eigenvalue weighted by molar-refractivity contribution is 0.0704. The van der Waals surface area contributed by atoms with E-state index in [2.05, 4.69) is 10.1 Å². The van der Waals surface area contributed by atoms with Crippen LogP contribution in [0.5, 0.6) is 0 Å². The van der Waals surface area contributed by atoms with Crippen LogP contribution >= 0.6 is 0 Å². The van der Waals surface area contributed by atoms with Crippen LogP contribution in [-0.2, 0) is 0 Å². The third-order valence-electron chi connectivity index (χ3n) is 4.68. The van der Waals surface area contributed by atoms with Crippen LogP contribution in [0.2, 0.25) is 0 Å². The lowest BCUT2D eigenvalue weighted by Crippen LogP contribution is -2.31. The summed E-state index contributed by atoms with van der Waals surface area (Å²) in [7, 11) is 0. The van der Waals surface area contributed by atoms with E-state index in [-0.39, 0.29) is 5.56 Å². The van der Waals surface area contributed by atoms with Gasteiger partial charge in [0.05, 0.1) is 5.56 Å². The Hall–Kier alpha value is -3.09. The number of hydrogen-bond acceptors (Lipinski definition) is 4. The smallest absolute Gasteiger partial charge is 0.257 e. The highest BCUT2D eigenvalue weighted by atomic mass is 19.1. The van der Waals surface area contributed by atoms with Crippen molar-refractivity contribution in [3.05, 3.63) is 71.1 Å². The normalized spacial score (nSPS) is 16.7. The third kappa shape index (κ3) is 3.32. The van der Waals surface area contributed by atoms with Crippen LogP contribution in [0.25, 0.3) is 11.4 Å². The van der Waals surface area contributed by atoms with Crippen LogP contribution in [0, 0.1) is 18.6 Å². The fourth-order valence-electron chi connectivity index (χ4n) is 3.35. The Balaban J connectivity index is 1.62. The summed E-state index contributed by atoms with van der Waals surface area (Å²) in [6, 6.07) is 10.1.